The van der Waals surface area contributed by atoms with Gasteiger partial charge in [-0.25, -0.2) is 9.69 Å². The fraction of sp³-hybridized carbons (Fsp3) is 0.0800. The van der Waals surface area contributed by atoms with Gasteiger partial charge in [-0.05, 0) is 81.7 Å². The topological polar surface area (TPSA) is 128 Å². The molecule has 1 heterocycles. The maximum absolute atomic E-state index is 13.0. The minimum atomic E-state index is -0.844. The summed E-state index contributed by atoms with van der Waals surface area (Å²) < 4.78 is 11.4. The number of urea groups is 1. The van der Waals surface area contributed by atoms with E-state index in [4.69, 9.17) is 9.47 Å². The SMILES string of the molecule is COc1ccc(N2C(=O)NC(=O)/C(=C\c3ccc(OCc4ccc([N+](=O)[O-])cc4)c(Br)c3)C2=O)cc1. The summed E-state index contributed by atoms with van der Waals surface area (Å²) in [6.45, 7) is 0.177. The van der Waals surface area contributed by atoms with E-state index in [1.54, 1.807) is 42.5 Å². The Bertz CT molecular complexity index is 1390. The van der Waals surface area contributed by atoms with Gasteiger partial charge in [0.25, 0.3) is 17.5 Å². The molecule has 3 aromatic rings. The van der Waals surface area contributed by atoms with Gasteiger partial charge in [0.15, 0.2) is 0 Å². The fourth-order valence-electron chi connectivity index (χ4n) is 3.39. The van der Waals surface area contributed by atoms with E-state index in [-0.39, 0.29) is 23.6 Å². The number of hydrogen-bond donors (Lipinski definition) is 1. The normalized spacial score (nSPS) is 14.6. The van der Waals surface area contributed by atoms with Crippen molar-refractivity contribution in [1.82, 2.24) is 5.32 Å². The smallest absolute Gasteiger partial charge is 0.335 e. The number of nitrogens with one attached hydrogen (secondary N) is 1. The van der Waals surface area contributed by atoms with Crippen molar-refractivity contribution >= 4 is 51.2 Å². The fourth-order valence-corrected chi connectivity index (χ4v) is 3.90. The van der Waals surface area contributed by atoms with Crippen molar-refractivity contribution in [2.75, 3.05) is 12.0 Å². The number of carbonyl (C=O) groups is 3. The van der Waals surface area contributed by atoms with Gasteiger partial charge in [0.05, 0.1) is 22.2 Å². The van der Waals surface area contributed by atoms with E-state index in [0.29, 0.717) is 21.5 Å². The van der Waals surface area contributed by atoms with Crippen molar-refractivity contribution in [1.29, 1.82) is 0 Å². The molecule has 0 aromatic heterocycles. The zero-order chi connectivity index (χ0) is 25.8. The lowest BCUT2D eigenvalue weighted by Gasteiger charge is -2.26. The third-order valence-corrected chi connectivity index (χ3v) is 5.86. The molecule has 0 atom stereocenters. The van der Waals surface area contributed by atoms with Crippen molar-refractivity contribution in [2.45, 2.75) is 6.61 Å². The Morgan fingerprint density at radius 2 is 1.72 bits per heavy atom. The molecule has 36 heavy (non-hydrogen) atoms. The first kappa shape index (κ1) is 24.6. The van der Waals surface area contributed by atoms with Gasteiger partial charge < -0.3 is 9.47 Å². The highest BCUT2D eigenvalue weighted by Crippen LogP contribution is 2.29. The minimum Gasteiger partial charge on any atom is -0.497 e. The quantitative estimate of drug-likeness (QED) is 0.196. The van der Waals surface area contributed by atoms with E-state index in [0.717, 1.165) is 10.5 Å². The number of nitro benzene ring substituents is 1. The van der Waals surface area contributed by atoms with Gasteiger partial charge in [-0.2, -0.15) is 0 Å². The number of nitro groups is 1. The molecular weight excluding hydrogens is 534 g/mol. The zero-order valence-electron chi connectivity index (χ0n) is 18.8. The number of carbonyl (C=O) groups excluding carboxylic acids is 3. The summed E-state index contributed by atoms with van der Waals surface area (Å²) in [6, 6.07) is 16.4. The Hall–Kier alpha value is -4.51. The molecule has 4 rings (SSSR count). The molecule has 182 valence electrons. The van der Waals surface area contributed by atoms with E-state index >= 15 is 0 Å². The molecule has 4 amide bonds. The molecule has 1 fully saturated rings. The third kappa shape index (κ3) is 5.26. The number of hydrogen-bond acceptors (Lipinski definition) is 7. The molecule has 11 heteroatoms. The standard InChI is InChI=1S/C25H18BrN3O7/c1-35-19-9-7-17(8-10-19)28-24(31)20(23(30)27-25(28)32)12-16-4-11-22(21(26)13-16)36-14-15-2-5-18(6-3-15)29(33)34/h2-13H,14H2,1H3,(H,27,30,32)/b20-12+. The monoisotopic (exact) mass is 551 g/mol. The largest absolute Gasteiger partial charge is 0.497 e. The van der Waals surface area contributed by atoms with Crippen LogP contribution in [0.5, 0.6) is 11.5 Å². The second-order valence-electron chi connectivity index (χ2n) is 7.56. The summed E-state index contributed by atoms with van der Waals surface area (Å²) in [4.78, 5) is 49.0. The predicted octanol–water partition coefficient (Wildman–Crippen LogP) is 4.61. The summed E-state index contributed by atoms with van der Waals surface area (Å²) in [5.41, 5.74) is 1.33. The summed E-state index contributed by atoms with van der Waals surface area (Å²) in [6.07, 6.45) is 1.38. The Labute approximate surface area is 213 Å². The van der Waals surface area contributed by atoms with E-state index in [9.17, 15) is 24.5 Å². The first-order chi connectivity index (χ1) is 17.3. The van der Waals surface area contributed by atoms with Crippen molar-refractivity contribution < 1.29 is 28.8 Å². The number of methoxy groups -OCH3 is 1. The Morgan fingerprint density at radius 1 is 1.03 bits per heavy atom. The average Bonchev–Trinajstić information content (AvgIpc) is 2.86. The van der Waals surface area contributed by atoms with Gasteiger partial charge in [-0.1, -0.05) is 6.07 Å². The number of ether oxygens (including phenoxy) is 2. The molecule has 0 radical (unpaired) electrons. The summed E-state index contributed by atoms with van der Waals surface area (Å²) in [7, 11) is 1.50. The lowest BCUT2D eigenvalue weighted by Crippen LogP contribution is -2.54. The van der Waals surface area contributed by atoms with Gasteiger partial charge in [0, 0.05) is 12.1 Å². The number of imide groups is 2. The maximum Gasteiger partial charge on any atom is 0.335 e. The molecule has 1 saturated heterocycles. The van der Waals surface area contributed by atoms with Crippen molar-refractivity contribution in [3.05, 3.63) is 98.0 Å². The number of amides is 4. The first-order valence-electron chi connectivity index (χ1n) is 10.5. The number of nitrogens with zero attached hydrogens (tertiary/aromatic N) is 2. The van der Waals surface area contributed by atoms with Crippen LogP contribution >= 0.6 is 15.9 Å². The molecule has 1 N–H and O–H groups in total. The lowest BCUT2D eigenvalue weighted by molar-refractivity contribution is -0.384. The van der Waals surface area contributed by atoms with Gasteiger partial charge >= 0.3 is 6.03 Å². The predicted molar refractivity (Wildman–Crippen MR) is 134 cm³/mol. The third-order valence-electron chi connectivity index (χ3n) is 5.24. The van der Waals surface area contributed by atoms with Gasteiger partial charge in [-0.15, -0.1) is 0 Å². The molecule has 0 saturated carbocycles. The van der Waals surface area contributed by atoms with Crippen molar-refractivity contribution in [3.8, 4) is 11.5 Å². The van der Waals surface area contributed by atoms with E-state index in [2.05, 4.69) is 21.2 Å². The first-order valence-corrected chi connectivity index (χ1v) is 11.3. The Balaban J connectivity index is 1.52. The Morgan fingerprint density at radius 3 is 2.33 bits per heavy atom. The van der Waals surface area contributed by atoms with Crippen LogP contribution in [-0.2, 0) is 16.2 Å². The lowest BCUT2D eigenvalue weighted by atomic mass is 10.1. The molecule has 0 unspecified atom stereocenters. The van der Waals surface area contributed by atoms with Crippen LogP contribution in [0.3, 0.4) is 0 Å². The van der Waals surface area contributed by atoms with Crippen molar-refractivity contribution in [3.63, 3.8) is 0 Å². The van der Waals surface area contributed by atoms with Crippen molar-refractivity contribution in [2.24, 2.45) is 0 Å². The van der Waals surface area contributed by atoms with E-state index in [1.165, 1.54) is 37.5 Å². The van der Waals surface area contributed by atoms with Crippen LogP contribution in [0.15, 0.2) is 76.8 Å². The molecule has 3 aromatic carbocycles. The highest BCUT2D eigenvalue weighted by Gasteiger charge is 2.36. The summed E-state index contributed by atoms with van der Waals surface area (Å²) in [5.74, 6) is -0.519. The van der Waals surface area contributed by atoms with Gasteiger partial charge in [0.1, 0.15) is 23.7 Å². The van der Waals surface area contributed by atoms with Gasteiger partial charge in [0.2, 0.25) is 0 Å². The van der Waals surface area contributed by atoms with Crippen LogP contribution in [0.25, 0.3) is 6.08 Å². The second-order valence-corrected chi connectivity index (χ2v) is 8.41. The molecular formula is C25H18BrN3O7. The number of anilines is 1. The average molecular weight is 552 g/mol. The second kappa shape index (κ2) is 10.4. The van der Waals surface area contributed by atoms with E-state index in [1.807, 2.05) is 0 Å². The summed E-state index contributed by atoms with van der Waals surface area (Å²) >= 11 is 3.41. The van der Waals surface area contributed by atoms with E-state index < -0.39 is 22.8 Å². The molecule has 1 aliphatic heterocycles. The van der Waals surface area contributed by atoms with Crippen LogP contribution in [0.4, 0.5) is 16.2 Å². The van der Waals surface area contributed by atoms with Gasteiger partial charge in [-0.3, -0.25) is 25.0 Å². The van der Waals surface area contributed by atoms with Crippen LogP contribution in [0, 0.1) is 10.1 Å². The maximum atomic E-state index is 13.0. The minimum absolute atomic E-state index is 0.00845. The van der Waals surface area contributed by atoms with Crippen LogP contribution < -0.4 is 19.7 Å². The molecule has 10 nitrogen and oxygen atoms in total. The number of non-ortho nitro benzene ring substituents is 1. The van der Waals surface area contributed by atoms with Crippen LogP contribution in [0.2, 0.25) is 0 Å². The molecule has 0 bridgehead atoms. The number of rotatable bonds is 7. The molecule has 0 aliphatic carbocycles. The number of benzene rings is 3. The van der Waals surface area contributed by atoms with Crippen LogP contribution in [0.1, 0.15) is 11.1 Å². The van der Waals surface area contributed by atoms with Crippen LogP contribution in [-0.4, -0.2) is 29.9 Å². The molecule has 1 aliphatic rings. The highest BCUT2D eigenvalue weighted by molar-refractivity contribution is 9.10. The Kier molecular flexibility index (Phi) is 7.11. The number of barbiturate groups is 1. The number of halogens is 1. The summed E-state index contributed by atoms with van der Waals surface area (Å²) in [5, 5.41) is 13.0. The molecule has 0 spiro atoms. The highest BCUT2D eigenvalue weighted by atomic mass is 79.9. The zero-order valence-corrected chi connectivity index (χ0v) is 20.4.